The number of rotatable bonds is 5. The second-order valence-electron chi connectivity index (χ2n) is 10.7. The Hall–Kier alpha value is -2.73. The molecule has 0 saturated carbocycles. The van der Waals surface area contributed by atoms with Gasteiger partial charge in [-0.25, -0.2) is 23.2 Å². The average molecular weight is 589 g/mol. The van der Waals surface area contributed by atoms with E-state index in [0.717, 1.165) is 32.0 Å². The highest BCUT2D eigenvalue weighted by molar-refractivity contribution is 7.88. The van der Waals surface area contributed by atoms with E-state index in [1.807, 2.05) is 42.2 Å². The highest BCUT2D eigenvalue weighted by Gasteiger charge is 2.38. The van der Waals surface area contributed by atoms with E-state index in [1.165, 1.54) is 10.6 Å². The number of hydrogen-bond donors (Lipinski definition) is 1. The standard InChI is InChI=1S/C27H33ClN6O3S2/c1-18(20-6-5-7-21(28)14-20)31-26(35)34-13-12-32(16-27(34,2)3)25-24-22(29-17-30-25)15-23(38-24)19-8-10-33(11-9-19)39(4,36)37/h5-8,14-15,17-18H,9-13,16H2,1-4H3,(H,31,35). The first-order valence-electron chi connectivity index (χ1n) is 12.9. The Morgan fingerprint density at radius 1 is 1.18 bits per heavy atom. The highest BCUT2D eigenvalue weighted by atomic mass is 35.5. The fourth-order valence-corrected chi connectivity index (χ4v) is 7.40. The summed E-state index contributed by atoms with van der Waals surface area (Å²) in [5, 5.41) is 3.77. The van der Waals surface area contributed by atoms with E-state index >= 15 is 0 Å². The quantitative estimate of drug-likeness (QED) is 0.461. The smallest absolute Gasteiger partial charge is 0.318 e. The van der Waals surface area contributed by atoms with Crippen molar-refractivity contribution in [1.82, 2.24) is 24.5 Å². The Balaban J connectivity index is 1.31. The van der Waals surface area contributed by atoms with Crippen LogP contribution in [0.25, 0.3) is 15.8 Å². The van der Waals surface area contributed by atoms with Crippen LogP contribution in [-0.2, 0) is 10.0 Å². The normalized spacial score (nSPS) is 19.2. The molecule has 1 fully saturated rings. The number of piperazine rings is 1. The van der Waals surface area contributed by atoms with Gasteiger partial charge in [0, 0.05) is 42.6 Å². The minimum atomic E-state index is -3.20. The molecule has 1 atom stereocenters. The first-order valence-corrected chi connectivity index (χ1v) is 15.9. The first kappa shape index (κ1) is 27.8. The third-order valence-corrected chi connectivity index (χ3v) is 10.1. The van der Waals surface area contributed by atoms with Crippen LogP contribution >= 0.6 is 22.9 Å². The number of halogens is 1. The number of fused-ring (bicyclic) bond motifs is 1. The van der Waals surface area contributed by atoms with Crippen molar-refractivity contribution in [2.45, 2.75) is 38.8 Å². The lowest BCUT2D eigenvalue weighted by Crippen LogP contribution is -2.63. The average Bonchev–Trinajstić information content (AvgIpc) is 3.32. The molecule has 1 N–H and O–H groups in total. The van der Waals surface area contributed by atoms with Gasteiger partial charge in [-0.05, 0) is 56.5 Å². The number of aromatic nitrogens is 2. The lowest BCUT2D eigenvalue weighted by molar-refractivity contribution is 0.121. The number of urea groups is 1. The number of nitrogens with one attached hydrogen (secondary N) is 1. The zero-order valence-corrected chi connectivity index (χ0v) is 24.9. The summed E-state index contributed by atoms with van der Waals surface area (Å²) >= 11 is 7.78. The van der Waals surface area contributed by atoms with Crippen molar-refractivity contribution < 1.29 is 13.2 Å². The van der Waals surface area contributed by atoms with Crippen LogP contribution in [0.1, 0.15) is 43.7 Å². The van der Waals surface area contributed by atoms with Crippen molar-refractivity contribution in [3.8, 4) is 0 Å². The molecule has 0 radical (unpaired) electrons. The molecule has 3 aromatic rings. The number of hydrogen-bond acceptors (Lipinski definition) is 7. The molecule has 2 aliphatic rings. The van der Waals surface area contributed by atoms with Crippen LogP contribution in [0, 0.1) is 0 Å². The minimum Gasteiger partial charge on any atom is -0.351 e. The summed E-state index contributed by atoms with van der Waals surface area (Å²) in [7, 11) is -3.20. The molecule has 4 heterocycles. The van der Waals surface area contributed by atoms with Gasteiger partial charge in [-0.2, -0.15) is 4.31 Å². The zero-order valence-electron chi connectivity index (χ0n) is 22.5. The fraction of sp³-hybridized carbons (Fsp3) is 0.444. The van der Waals surface area contributed by atoms with Gasteiger partial charge in [0.2, 0.25) is 10.0 Å². The molecule has 2 amide bonds. The monoisotopic (exact) mass is 588 g/mol. The Bertz CT molecular complexity index is 1540. The van der Waals surface area contributed by atoms with Gasteiger partial charge in [-0.1, -0.05) is 29.8 Å². The first-order chi connectivity index (χ1) is 18.4. The molecule has 0 spiro atoms. The maximum Gasteiger partial charge on any atom is 0.318 e. The molecule has 1 aromatic carbocycles. The van der Waals surface area contributed by atoms with Crippen LogP contribution in [0.5, 0.6) is 0 Å². The van der Waals surface area contributed by atoms with Crippen molar-refractivity contribution >= 4 is 60.6 Å². The Morgan fingerprint density at radius 3 is 2.64 bits per heavy atom. The van der Waals surface area contributed by atoms with Gasteiger partial charge in [-0.15, -0.1) is 11.3 Å². The number of carbonyl (C=O) groups excluding carboxylic acids is 1. The van der Waals surface area contributed by atoms with Crippen molar-refractivity contribution in [3.05, 3.63) is 58.2 Å². The summed E-state index contributed by atoms with van der Waals surface area (Å²) in [5.74, 6) is 0.867. The lowest BCUT2D eigenvalue weighted by atomic mass is 9.99. The van der Waals surface area contributed by atoms with E-state index in [0.29, 0.717) is 44.2 Å². The molecule has 12 heteroatoms. The van der Waals surface area contributed by atoms with E-state index < -0.39 is 15.6 Å². The van der Waals surface area contributed by atoms with Gasteiger partial charge in [0.05, 0.1) is 28.1 Å². The van der Waals surface area contributed by atoms with E-state index in [9.17, 15) is 13.2 Å². The Kier molecular flexibility index (Phi) is 7.62. The van der Waals surface area contributed by atoms with Crippen LogP contribution in [0.4, 0.5) is 10.6 Å². The molecule has 0 aliphatic carbocycles. The van der Waals surface area contributed by atoms with Crippen LogP contribution in [0.15, 0.2) is 42.7 Å². The molecule has 1 unspecified atom stereocenters. The molecule has 5 rings (SSSR count). The predicted molar refractivity (Wildman–Crippen MR) is 158 cm³/mol. The predicted octanol–water partition coefficient (Wildman–Crippen LogP) is 4.76. The molecular weight excluding hydrogens is 556 g/mol. The van der Waals surface area contributed by atoms with Crippen LogP contribution in [0.2, 0.25) is 5.02 Å². The number of amides is 2. The molecular formula is C27H33ClN6O3S2. The minimum absolute atomic E-state index is 0.106. The second kappa shape index (κ2) is 10.7. The summed E-state index contributed by atoms with van der Waals surface area (Å²) in [6.07, 6.45) is 5.50. The van der Waals surface area contributed by atoms with Gasteiger partial charge in [-0.3, -0.25) is 0 Å². The molecule has 0 bridgehead atoms. The number of nitrogens with zero attached hydrogens (tertiary/aromatic N) is 5. The van der Waals surface area contributed by atoms with Gasteiger partial charge in [0.15, 0.2) is 0 Å². The van der Waals surface area contributed by atoms with Crippen molar-refractivity contribution in [2.75, 3.05) is 43.9 Å². The summed E-state index contributed by atoms with van der Waals surface area (Å²) in [5.41, 5.74) is 2.54. The molecule has 208 valence electrons. The summed E-state index contributed by atoms with van der Waals surface area (Å²) in [4.78, 5) is 27.7. The third kappa shape index (κ3) is 5.91. The zero-order chi connectivity index (χ0) is 27.9. The SMILES string of the molecule is CC(NC(=O)N1CCN(c2ncnc3cc(C4=CCN(S(C)(=O)=O)CC4)sc23)CC1(C)C)c1cccc(Cl)c1. The lowest BCUT2D eigenvalue weighted by Gasteiger charge is -2.47. The van der Waals surface area contributed by atoms with Crippen LogP contribution in [0.3, 0.4) is 0 Å². The van der Waals surface area contributed by atoms with Crippen LogP contribution in [-0.4, -0.2) is 78.1 Å². The third-order valence-electron chi connectivity index (χ3n) is 7.39. The summed E-state index contributed by atoms with van der Waals surface area (Å²) in [6, 6.07) is 9.33. The summed E-state index contributed by atoms with van der Waals surface area (Å²) < 4.78 is 26.3. The number of carbonyl (C=O) groups is 1. The van der Waals surface area contributed by atoms with Gasteiger partial charge >= 0.3 is 6.03 Å². The largest absolute Gasteiger partial charge is 0.351 e. The molecule has 1 saturated heterocycles. The Labute approximate surface area is 238 Å². The molecule has 9 nitrogen and oxygen atoms in total. The van der Waals surface area contributed by atoms with Crippen molar-refractivity contribution in [1.29, 1.82) is 0 Å². The maximum absolute atomic E-state index is 13.3. The molecule has 2 aliphatic heterocycles. The van der Waals surface area contributed by atoms with E-state index in [2.05, 4.69) is 40.1 Å². The van der Waals surface area contributed by atoms with Crippen molar-refractivity contribution in [3.63, 3.8) is 0 Å². The van der Waals surface area contributed by atoms with Gasteiger partial charge in [0.25, 0.3) is 0 Å². The van der Waals surface area contributed by atoms with E-state index in [1.54, 1.807) is 17.7 Å². The van der Waals surface area contributed by atoms with Crippen LogP contribution < -0.4 is 10.2 Å². The van der Waals surface area contributed by atoms with Gasteiger partial charge < -0.3 is 15.1 Å². The number of anilines is 1. The summed E-state index contributed by atoms with van der Waals surface area (Å²) in [6.45, 7) is 8.78. The highest BCUT2D eigenvalue weighted by Crippen LogP contribution is 2.38. The maximum atomic E-state index is 13.3. The molecule has 2 aromatic heterocycles. The van der Waals surface area contributed by atoms with Gasteiger partial charge in [0.1, 0.15) is 12.1 Å². The molecule has 39 heavy (non-hydrogen) atoms. The Morgan fingerprint density at radius 2 is 1.97 bits per heavy atom. The second-order valence-corrected chi connectivity index (χ2v) is 14.2. The number of benzene rings is 1. The topological polar surface area (TPSA) is 98.7 Å². The number of thiophene rings is 1. The van der Waals surface area contributed by atoms with Crippen molar-refractivity contribution in [2.24, 2.45) is 0 Å². The number of sulfonamides is 1. The fourth-order valence-electron chi connectivity index (χ4n) is 5.24. The van der Waals surface area contributed by atoms with E-state index in [-0.39, 0.29) is 12.1 Å². The van der Waals surface area contributed by atoms with E-state index in [4.69, 9.17) is 11.6 Å².